The number of benzene rings is 1. The molecule has 2 rings (SSSR count). The van der Waals surface area contributed by atoms with E-state index in [9.17, 15) is 9.59 Å². The second-order valence-electron chi connectivity index (χ2n) is 9.43. The van der Waals surface area contributed by atoms with Gasteiger partial charge in [-0.05, 0) is 55.9 Å². The highest BCUT2D eigenvalue weighted by Crippen LogP contribution is 2.34. The average Bonchev–Trinajstić information content (AvgIpc) is 2.61. The van der Waals surface area contributed by atoms with E-state index >= 15 is 0 Å². The number of nitrogens with zero attached hydrogens (tertiary/aromatic N) is 1. The van der Waals surface area contributed by atoms with E-state index in [2.05, 4.69) is 5.32 Å². The van der Waals surface area contributed by atoms with Crippen LogP contribution in [0, 0.1) is 5.41 Å². The predicted octanol–water partition coefficient (Wildman–Crippen LogP) is 3.53. The van der Waals surface area contributed by atoms with Crippen LogP contribution >= 0.6 is 0 Å². The van der Waals surface area contributed by atoms with Gasteiger partial charge in [0.15, 0.2) is 11.5 Å². The maximum Gasteiger partial charge on any atom is 0.408 e. The number of carbonyl (C=O) groups excluding carboxylic acids is 2. The molecular weight excluding hydrogens is 372 g/mol. The van der Waals surface area contributed by atoms with Crippen LogP contribution in [0.3, 0.4) is 0 Å². The highest BCUT2D eigenvalue weighted by Gasteiger charge is 2.37. The normalized spacial score (nSPS) is 15.2. The van der Waals surface area contributed by atoms with Crippen molar-refractivity contribution in [3.8, 4) is 11.5 Å². The summed E-state index contributed by atoms with van der Waals surface area (Å²) in [5.41, 5.74) is 1.06. The van der Waals surface area contributed by atoms with Crippen LogP contribution in [-0.4, -0.2) is 49.3 Å². The Morgan fingerprint density at radius 2 is 1.55 bits per heavy atom. The molecular formula is C22H34N2O5. The van der Waals surface area contributed by atoms with E-state index in [1.165, 1.54) is 0 Å². The number of alkyl carbamates (subject to hydrolysis) is 1. The Kier molecular flexibility index (Phi) is 6.71. The molecule has 0 bridgehead atoms. The van der Waals surface area contributed by atoms with E-state index in [1.807, 2.05) is 32.9 Å². The number of fused-ring (bicyclic) bond motifs is 1. The summed E-state index contributed by atoms with van der Waals surface area (Å²) in [6.07, 6.45) is 0.125. The molecule has 29 heavy (non-hydrogen) atoms. The lowest BCUT2D eigenvalue weighted by Gasteiger charge is -2.37. The van der Waals surface area contributed by atoms with Crippen molar-refractivity contribution >= 4 is 12.0 Å². The Bertz CT molecular complexity index is 762. The van der Waals surface area contributed by atoms with Crippen LogP contribution in [0.4, 0.5) is 4.79 Å². The van der Waals surface area contributed by atoms with E-state index in [4.69, 9.17) is 14.2 Å². The van der Waals surface area contributed by atoms with Gasteiger partial charge in [0.2, 0.25) is 5.91 Å². The monoisotopic (exact) mass is 406 g/mol. The van der Waals surface area contributed by atoms with Gasteiger partial charge in [0.1, 0.15) is 11.6 Å². The molecule has 0 saturated carbocycles. The lowest BCUT2D eigenvalue weighted by Crippen LogP contribution is -2.56. The van der Waals surface area contributed by atoms with Crippen LogP contribution in [0.25, 0.3) is 0 Å². The minimum atomic E-state index is -0.695. The fraction of sp³-hybridized carbons (Fsp3) is 0.636. The second kappa shape index (κ2) is 8.51. The van der Waals surface area contributed by atoms with E-state index in [1.54, 1.807) is 39.9 Å². The van der Waals surface area contributed by atoms with Gasteiger partial charge in [-0.1, -0.05) is 20.8 Å². The fourth-order valence-electron chi connectivity index (χ4n) is 3.33. The summed E-state index contributed by atoms with van der Waals surface area (Å²) in [4.78, 5) is 27.4. The van der Waals surface area contributed by atoms with Gasteiger partial charge in [-0.15, -0.1) is 0 Å². The van der Waals surface area contributed by atoms with Crippen LogP contribution in [0.1, 0.15) is 52.7 Å². The molecule has 1 heterocycles. The molecule has 0 saturated heterocycles. The van der Waals surface area contributed by atoms with Crippen molar-refractivity contribution in [3.05, 3.63) is 23.3 Å². The molecule has 0 fully saturated rings. The van der Waals surface area contributed by atoms with Crippen LogP contribution in [-0.2, 0) is 22.5 Å². The smallest absolute Gasteiger partial charge is 0.408 e. The first-order valence-corrected chi connectivity index (χ1v) is 9.88. The van der Waals surface area contributed by atoms with E-state index in [-0.39, 0.29) is 5.91 Å². The topological polar surface area (TPSA) is 77.1 Å². The predicted molar refractivity (Wildman–Crippen MR) is 111 cm³/mol. The third-order valence-corrected chi connectivity index (χ3v) is 4.80. The molecule has 1 aliphatic rings. The van der Waals surface area contributed by atoms with Crippen LogP contribution < -0.4 is 14.8 Å². The maximum absolute atomic E-state index is 13.3. The lowest BCUT2D eigenvalue weighted by molar-refractivity contribution is -0.137. The van der Waals surface area contributed by atoms with Crippen LogP contribution in [0.5, 0.6) is 11.5 Å². The highest BCUT2D eigenvalue weighted by molar-refractivity contribution is 5.86. The van der Waals surface area contributed by atoms with Gasteiger partial charge in [-0.25, -0.2) is 4.79 Å². The fourth-order valence-corrected chi connectivity index (χ4v) is 3.33. The van der Waals surface area contributed by atoms with Gasteiger partial charge in [0.25, 0.3) is 0 Å². The minimum Gasteiger partial charge on any atom is -0.493 e. The van der Waals surface area contributed by atoms with Gasteiger partial charge in [0, 0.05) is 13.1 Å². The van der Waals surface area contributed by atoms with Crippen LogP contribution in [0.15, 0.2) is 12.1 Å². The molecule has 1 N–H and O–H groups in total. The zero-order valence-electron chi connectivity index (χ0n) is 18.8. The van der Waals surface area contributed by atoms with Gasteiger partial charge in [0.05, 0.1) is 14.2 Å². The molecule has 0 aromatic heterocycles. The number of nitrogens with one attached hydrogen (secondary N) is 1. The van der Waals surface area contributed by atoms with Gasteiger partial charge in [-0.3, -0.25) is 4.79 Å². The number of ether oxygens (including phenoxy) is 3. The van der Waals surface area contributed by atoms with Crippen LogP contribution in [0.2, 0.25) is 0 Å². The van der Waals surface area contributed by atoms with Crippen molar-refractivity contribution in [3.63, 3.8) is 0 Å². The Labute approximate surface area is 173 Å². The lowest BCUT2D eigenvalue weighted by atomic mass is 9.85. The molecule has 0 spiro atoms. The molecule has 0 aliphatic carbocycles. The molecule has 2 amide bonds. The standard InChI is InChI=1S/C22H34N2O5/c1-21(2,3)18(23-20(26)29-22(4,5)6)19(25)24-10-9-14-11-16(27-7)17(28-8)12-15(14)13-24/h11-12,18H,9-10,13H2,1-8H3,(H,23,26). The van der Waals surface area contributed by atoms with E-state index in [0.29, 0.717) is 31.0 Å². The molecule has 1 aromatic rings. The SMILES string of the molecule is COc1cc2c(cc1OC)CN(C(=O)C(NC(=O)OC(C)(C)C)C(C)(C)C)CC2. The minimum absolute atomic E-state index is 0.121. The van der Waals surface area contributed by atoms with Crippen molar-refractivity contribution in [2.75, 3.05) is 20.8 Å². The number of methoxy groups -OCH3 is 2. The molecule has 1 atom stereocenters. The Balaban J connectivity index is 2.21. The average molecular weight is 407 g/mol. The van der Waals surface area contributed by atoms with Crippen molar-refractivity contribution in [1.29, 1.82) is 0 Å². The second-order valence-corrected chi connectivity index (χ2v) is 9.43. The number of amides is 2. The van der Waals surface area contributed by atoms with E-state index in [0.717, 1.165) is 11.1 Å². The zero-order chi connectivity index (χ0) is 22.0. The highest BCUT2D eigenvalue weighted by atomic mass is 16.6. The first-order valence-electron chi connectivity index (χ1n) is 9.88. The number of hydrogen-bond donors (Lipinski definition) is 1. The van der Waals surface area contributed by atoms with Crippen molar-refractivity contribution < 1.29 is 23.8 Å². The number of carbonyl (C=O) groups is 2. The molecule has 1 aromatic carbocycles. The van der Waals surface area contributed by atoms with Gasteiger partial charge < -0.3 is 24.4 Å². The third-order valence-electron chi connectivity index (χ3n) is 4.80. The quantitative estimate of drug-likeness (QED) is 0.828. The summed E-state index contributed by atoms with van der Waals surface area (Å²) in [5, 5.41) is 2.78. The number of hydrogen-bond acceptors (Lipinski definition) is 5. The molecule has 162 valence electrons. The largest absolute Gasteiger partial charge is 0.493 e. The maximum atomic E-state index is 13.3. The van der Waals surface area contributed by atoms with Crippen molar-refractivity contribution in [1.82, 2.24) is 10.2 Å². The summed E-state index contributed by atoms with van der Waals surface area (Å²) in [6, 6.07) is 3.19. The van der Waals surface area contributed by atoms with Crippen molar-refractivity contribution in [2.24, 2.45) is 5.41 Å². The first kappa shape index (κ1) is 22.8. The summed E-state index contributed by atoms with van der Waals surface area (Å²) < 4.78 is 16.1. The third kappa shape index (κ3) is 5.78. The zero-order valence-corrected chi connectivity index (χ0v) is 18.8. The van der Waals surface area contributed by atoms with E-state index < -0.39 is 23.2 Å². The molecule has 1 aliphatic heterocycles. The Morgan fingerprint density at radius 1 is 1.00 bits per heavy atom. The Morgan fingerprint density at radius 3 is 2.03 bits per heavy atom. The summed E-state index contributed by atoms with van der Waals surface area (Å²) in [6.45, 7) is 12.2. The molecule has 1 unspecified atom stereocenters. The molecule has 0 radical (unpaired) electrons. The van der Waals surface area contributed by atoms with Gasteiger partial charge >= 0.3 is 6.09 Å². The molecule has 7 nitrogen and oxygen atoms in total. The van der Waals surface area contributed by atoms with Gasteiger partial charge in [-0.2, -0.15) is 0 Å². The van der Waals surface area contributed by atoms with Crippen molar-refractivity contribution in [2.45, 2.75) is 66.2 Å². The summed E-state index contributed by atoms with van der Waals surface area (Å²) in [7, 11) is 3.20. The summed E-state index contributed by atoms with van der Waals surface area (Å²) >= 11 is 0. The summed E-state index contributed by atoms with van der Waals surface area (Å²) in [5.74, 6) is 1.20. The molecule has 7 heteroatoms. The Hall–Kier alpha value is -2.44. The first-order chi connectivity index (χ1) is 13.4. The number of rotatable bonds is 4.